The number of alkyl halides is 3. The summed E-state index contributed by atoms with van der Waals surface area (Å²) in [6.45, 7) is 2.46. The molecular weight excluding hydrogens is 415 g/mol. The lowest BCUT2D eigenvalue weighted by molar-refractivity contribution is -0.138. The first-order valence-electron chi connectivity index (χ1n) is 10.1. The fourth-order valence-corrected chi connectivity index (χ4v) is 5.41. The number of cyclic esters (lactones) is 1. The Morgan fingerprint density at radius 3 is 2.55 bits per heavy atom. The molecule has 4 fully saturated rings. The molecule has 0 unspecified atom stereocenters. The number of nitrogens with zero attached hydrogens (tertiary/aromatic N) is 4. The summed E-state index contributed by atoms with van der Waals surface area (Å²) in [5.41, 5.74) is -1.50. The van der Waals surface area contributed by atoms with Crippen molar-refractivity contribution in [2.24, 2.45) is 11.3 Å². The second-order valence-electron chi connectivity index (χ2n) is 9.30. The fraction of sp³-hybridized carbons (Fsp3) is 0.600. The summed E-state index contributed by atoms with van der Waals surface area (Å²) < 4.78 is 44.2. The molecule has 4 heterocycles. The van der Waals surface area contributed by atoms with Gasteiger partial charge in [-0.3, -0.25) is 0 Å². The predicted molar refractivity (Wildman–Crippen MR) is 98.6 cm³/mol. The van der Waals surface area contributed by atoms with E-state index in [0.717, 1.165) is 18.9 Å². The minimum absolute atomic E-state index is 0.0491. The van der Waals surface area contributed by atoms with Crippen LogP contribution in [0.1, 0.15) is 29.7 Å². The number of ether oxygens (including phenoxy) is 1. The normalized spacial score (nSPS) is 23.5. The molecule has 164 valence electrons. The summed E-state index contributed by atoms with van der Waals surface area (Å²) >= 11 is 0. The zero-order valence-electron chi connectivity index (χ0n) is 16.5. The molecule has 31 heavy (non-hydrogen) atoms. The van der Waals surface area contributed by atoms with Crippen LogP contribution in [0.4, 0.5) is 22.8 Å². The number of aromatic nitrogens is 1. The zero-order chi connectivity index (χ0) is 22.0. The lowest BCUT2D eigenvalue weighted by Crippen LogP contribution is -2.74. The number of nitriles is 1. The second-order valence-corrected chi connectivity index (χ2v) is 9.30. The quantitative estimate of drug-likeness (QED) is 0.768. The molecule has 3 amide bonds. The van der Waals surface area contributed by atoms with Crippen molar-refractivity contribution in [2.75, 3.05) is 32.8 Å². The van der Waals surface area contributed by atoms with Gasteiger partial charge >= 0.3 is 18.3 Å². The Hall–Kier alpha value is -3.03. The third-order valence-electron chi connectivity index (χ3n) is 6.75. The van der Waals surface area contributed by atoms with Crippen molar-refractivity contribution in [3.63, 3.8) is 0 Å². The van der Waals surface area contributed by atoms with Crippen LogP contribution in [0.3, 0.4) is 0 Å². The molecule has 1 aromatic heterocycles. The van der Waals surface area contributed by atoms with Crippen LogP contribution in [0.15, 0.2) is 12.3 Å². The average Bonchev–Trinajstić information content (AvgIpc) is 3.02. The first-order chi connectivity index (χ1) is 14.6. The van der Waals surface area contributed by atoms with Gasteiger partial charge in [-0.15, -0.1) is 0 Å². The van der Waals surface area contributed by atoms with Crippen LogP contribution in [0.25, 0.3) is 0 Å². The molecule has 11 heteroatoms. The Morgan fingerprint density at radius 2 is 1.97 bits per heavy atom. The number of rotatable bonds is 2. The molecule has 1 N–H and O–H groups in total. The number of carbonyl (C=O) groups excluding carboxylic acids is 2. The fourth-order valence-electron chi connectivity index (χ4n) is 5.41. The Labute approximate surface area is 175 Å². The standard InChI is InChI=1S/C20H20F3N5O3/c21-20(22,23)14-2-12(6-25-15(14)5-24)1-13-3-18(4-13)7-27(8-18)17(30)28-9-19(10-28)11-31-16(29)26-19/h2,6,13H,1,3-4,7-11H2,(H,26,29). The van der Waals surface area contributed by atoms with Gasteiger partial charge in [0.15, 0.2) is 5.69 Å². The number of alkyl carbamates (subject to hydrolysis) is 1. The maximum absolute atomic E-state index is 13.1. The molecule has 0 atom stereocenters. The lowest BCUT2D eigenvalue weighted by atomic mass is 9.56. The van der Waals surface area contributed by atoms with E-state index in [1.165, 1.54) is 12.3 Å². The highest BCUT2D eigenvalue weighted by Crippen LogP contribution is 2.53. The van der Waals surface area contributed by atoms with Crippen LogP contribution < -0.4 is 5.32 Å². The molecule has 3 aliphatic heterocycles. The number of hydrogen-bond donors (Lipinski definition) is 1. The highest BCUT2D eigenvalue weighted by molar-refractivity contribution is 5.78. The van der Waals surface area contributed by atoms with Gasteiger partial charge in [0.25, 0.3) is 0 Å². The maximum atomic E-state index is 13.1. The summed E-state index contributed by atoms with van der Waals surface area (Å²) in [7, 11) is 0. The molecule has 0 radical (unpaired) electrons. The number of urea groups is 1. The number of carbonyl (C=O) groups is 2. The van der Waals surface area contributed by atoms with Crippen molar-refractivity contribution in [1.82, 2.24) is 20.1 Å². The minimum atomic E-state index is -4.60. The van der Waals surface area contributed by atoms with Crippen molar-refractivity contribution in [3.05, 3.63) is 29.1 Å². The SMILES string of the molecule is N#Cc1ncc(CC2CC3(C2)CN(C(=O)N2CC4(COC(=O)N4)C2)C3)cc1C(F)(F)F. The molecule has 2 spiro atoms. The van der Waals surface area contributed by atoms with Crippen molar-refractivity contribution in [3.8, 4) is 6.07 Å². The van der Waals surface area contributed by atoms with Crippen LogP contribution in [-0.4, -0.2) is 65.2 Å². The summed E-state index contributed by atoms with van der Waals surface area (Å²) in [5.74, 6) is 0.242. The van der Waals surface area contributed by atoms with E-state index in [-0.39, 0.29) is 24.0 Å². The van der Waals surface area contributed by atoms with Crippen LogP contribution >= 0.6 is 0 Å². The van der Waals surface area contributed by atoms with Crippen molar-refractivity contribution in [2.45, 2.75) is 31.0 Å². The topological polar surface area (TPSA) is 98.6 Å². The van der Waals surface area contributed by atoms with Gasteiger partial charge in [0, 0.05) is 24.7 Å². The smallest absolute Gasteiger partial charge is 0.419 e. The monoisotopic (exact) mass is 435 g/mol. The molecule has 4 aliphatic rings. The lowest BCUT2D eigenvalue weighted by Gasteiger charge is -2.61. The van der Waals surface area contributed by atoms with E-state index in [4.69, 9.17) is 10.00 Å². The molecule has 1 aromatic rings. The van der Waals surface area contributed by atoms with E-state index in [1.807, 2.05) is 0 Å². The summed E-state index contributed by atoms with van der Waals surface area (Å²) in [4.78, 5) is 30.9. The number of hydrogen-bond acceptors (Lipinski definition) is 5. The number of amides is 3. The van der Waals surface area contributed by atoms with Gasteiger partial charge in [0.1, 0.15) is 18.2 Å². The third kappa shape index (κ3) is 3.34. The van der Waals surface area contributed by atoms with E-state index in [0.29, 0.717) is 38.2 Å². The van der Waals surface area contributed by atoms with Crippen LogP contribution in [-0.2, 0) is 17.3 Å². The highest BCUT2D eigenvalue weighted by Gasteiger charge is 2.57. The van der Waals surface area contributed by atoms with Crippen molar-refractivity contribution in [1.29, 1.82) is 5.26 Å². The number of halogens is 3. The minimum Gasteiger partial charge on any atom is -0.447 e. The Bertz CT molecular complexity index is 985. The molecule has 0 aromatic carbocycles. The van der Waals surface area contributed by atoms with E-state index < -0.39 is 29.1 Å². The predicted octanol–water partition coefficient (Wildman–Crippen LogP) is 2.14. The van der Waals surface area contributed by atoms with Crippen LogP contribution in [0.5, 0.6) is 0 Å². The highest BCUT2D eigenvalue weighted by atomic mass is 19.4. The molecule has 1 saturated carbocycles. The first-order valence-corrected chi connectivity index (χ1v) is 10.1. The maximum Gasteiger partial charge on any atom is 0.419 e. The van der Waals surface area contributed by atoms with Gasteiger partial charge in [-0.1, -0.05) is 0 Å². The molecule has 8 nitrogen and oxygen atoms in total. The molecule has 5 rings (SSSR count). The first kappa shape index (κ1) is 19.9. The zero-order valence-corrected chi connectivity index (χ0v) is 16.5. The summed E-state index contributed by atoms with van der Waals surface area (Å²) in [5, 5.41) is 11.6. The number of pyridine rings is 1. The van der Waals surface area contributed by atoms with E-state index in [1.54, 1.807) is 9.80 Å². The Morgan fingerprint density at radius 1 is 1.29 bits per heavy atom. The Balaban J connectivity index is 1.11. The van der Waals surface area contributed by atoms with Gasteiger partial charge in [-0.2, -0.15) is 18.4 Å². The van der Waals surface area contributed by atoms with E-state index in [2.05, 4.69) is 10.3 Å². The van der Waals surface area contributed by atoms with Gasteiger partial charge in [-0.05, 0) is 36.8 Å². The largest absolute Gasteiger partial charge is 0.447 e. The third-order valence-corrected chi connectivity index (χ3v) is 6.75. The van der Waals surface area contributed by atoms with Crippen LogP contribution in [0.2, 0.25) is 0 Å². The van der Waals surface area contributed by atoms with E-state index >= 15 is 0 Å². The number of nitrogens with one attached hydrogen (secondary N) is 1. The van der Waals surface area contributed by atoms with Gasteiger partial charge < -0.3 is 19.9 Å². The van der Waals surface area contributed by atoms with Gasteiger partial charge in [0.2, 0.25) is 0 Å². The van der Waals surface area contributed by atoms with Gasteiger partial charge in [0.05, 0.1) is 18.7 Å². The number of likely N-dealkylation sites (tertiary alicyclic amines) is 2. The second kappa shape index (κ2) is 6.48. The molecule has 1 aliphatic carbocycles. The van der Waals surface area contributed by atoms with Gasteiger partial charge in [-0.25, -0.2) is 14.6 Å². The average molecular weight is 435 g/mol. The molecular formula is C20H20F3N5O3. The Kier molecular flexibility index (Phi) is 4.16. The van der Waals surface area contributed by atoms with Crippen molar-refractivity contribution < 1.29 is 27.5 Å². The molecule has 3 saturated heterocycles. The summed E-state index contributed by atoms with van der Waals surface area (Å²) in [6, 6.07) is 2.47. The summed E-state index contributed by atoms with van der Waals surface area (Å²) in [6.07, 6.45) is -1.52. The molecule has 0 bridgehead atoms. The van der Waals surface area contributed by atoms with E-state index in [9.17, 15) is 22.8 Å². The van der Waals surface area contributed by atoms with Crippen LogP contribution in [0, 0.1) is 22.7 Å². The van der Waals surface area contributed by atoms with Crippen molar-refractivity contribution >= 4 is 12.1 Å².